The van der Waals surface area contributed by atoms with Crippen LogP contribution in [0, 0.1) is 35.0 Å². The summed E-state index contributed by atoms with van der Waals surface area (Å²) < 4.78 is 12.1. The summed E-state index contributed by atoms with van der Waals surface area (Å²) in [6, 6.07) is 7.86. The van der Waals surface area contributed by atoms with Crippen molar-refractivity contribution < 1.29 is 33.4 Å². The summed E-state index contributed by atoms with van der Waals surface area (Å²) in [5.74, 6) is -1.70. The van der Waals surface area contributed by atoms with Gasteiger partial charge in [0.05, 0.1) is 48.7 Å². The van der Waals surface area contributed by atoms with Crippen LogP contribution in [0.2, 0.25) is 0 Å². The first-order valence-electron chi connectivity index (χ1n) is 20.8. The second-order valence-corrected chi connectivity index (χ2v) is 18.1. The number of likely N-dealkylation sites (N-methyl/N-ethyl adjacent to an activating group) is 2. The molecule has 1 aromatic rings. The molecule has 3 amide bonds. The monoisotopic (exact) mass is 785 g/mol. The molecule has 11 heteroatoms. The zero-order valence-corrected chi connectivity index (χ0v) is 37.4. The fraction of sp³-hybridized carbons (Fsp3) is 0.756. The first-order valence-corrected chi connectivity index (χ1v) is 20.8. The van der Waals surface area contributed by atoms with E-state index in [1.165, 1.54) is 0 Å². The van der Waals surface area contributed by atoms with Crippen LogP contribution in [0.1, 0.15) is 107 Å². The number of hydrogen-bond donors (Lipinski definition) is 1. The number of Topliss-reactive ketones (excluding diaryl/α,β-unsaturated/α-hetero) is 2. The van der Waals surface area contributed by atoms with E-state index in [-0.39, 0.29) is 72.0 Å². The van der Waals surface area contributed by atoms with Crippen molar-refractivity contribution in [2.45, 2.75) is 144 Å². The van der Waals surface area contributed by atoms with E-state index in [1.54, 1.807) is 33.1 Å². The van der Waals surface area contributed by atoms with Gasteiger partial charge in [0.15, 0.2) is 11.6 Å². The smallest absolute Gasteiger partial charge is 0.226 e. The van der Waals surface area contributed by atoms with Crippen LogP contribution < -0.4 is 5.32 Å². The van der Waals surface area contributed by atoms with Crippen LogP contribution >= 0.6 is 0 Å². The summed E-state index contributed by atoms with van der Waals surface area (Å²) in [6.45, 7) is 20.0. The average molecular weight is 785 g/mol. The van der Waals surface area contributed by atoms with Gasteiger partial charge >= 0.3 is 0 Å². The maximum absolute atomic E-state index is 14.3. The molecule has 0 aromatic heterocycles. The molecule has 1 aliphatic rings. The second-order valence-electron chi connectivity index (χ2n) is 18.1. The van der Waals surface area contributed by atoms with E-state index in [1.807, 2.05) is 103 Å². The van der Waals surface area contributed by atoms with Gasteiger partial charge in [0, 0.05) is 45.6 Å². The number of ether oxygens (including phenoxy) is 2. The minimum absolute atomic E-state index is 0.000131. The van der Waals surface area contributed by atoms with Crippen LogP contribution in [0.5, 0.6) is 0 Å². The van der Waals surface area contributed by atoms with E-state index < -0.39 is 41.5 Å². The van der Waals surface area contributed by atoms with Gasteiger partial charge in [-0.2, -0.15) is 0 Å². The standard InChI is InChI=1S/C45H76N4O7/c1-16-30(6)40(48(13)44(54)33(28(2)3)26-36(50)39(29(4)5)47(11)12)37(55-14)27-38(51)49-24-20-23-35(49)41(56-15)31(7)43(53)46-34(42(52)45(8,9)10)25-32-21-18-17-19-22-32/h17-19,21-22,28-31,33-35,37,39-41H,16,20,23-27H2,1-15H3,(H,46,53)/t30-,31+,33-,34-,35-,37+,39-,40-,41+/m0/s1. The molecule has 0 spiro atoms. The van der Waals surface area contributed by atoms with Gasteiger partial charge in [-0.05, 0) is 56.7 Å². The Balaban J connectivity index is 2.32. The number of nitrogens with one attached hydrogen (secondary N) is 1. The van der Waals surface area contributed by atoms with E-state index >= 15 is 0 Å². The Morgan fingerprint density at radius 2 is 1.50 bits per heavy atom. The van der Waals surface area contributed by atoms with Crippen molar-refractivity contribution in [1.29, 1.82) is 0 Å². The number of nitrogens with zero attached hydrogens (tertiary/aromatic N) is 3. The van der Waals surface area contributed by atoms with Crippen molar-refractivity contribution in [3.8, 4) is 0 Å². The number of carbonyl (C=O) groups excluding carboxylic acids is 5. The van der Waals surface area contributed by atoms with E-state index in [0.29, 0.717) is 19.4 Å². The van der Waals surface area contributed by atoms with Gasteiger partial charge in [-0.15, -0.1) is 0 Å². The predicted octanol–water partition coefficient (Wildman–Crippen LogP) is 6.07. The Kier molecular flexibility index (Phi) is 19.4. The predicted molar refractivity (Wildman–Crippen MR) is 223 cm³/mol. The average Bonchev–Trinajstić information content (AvgIpc) is 3.62. The molecule has 1 heterocycles. The quantitative estimate of drug-likeness (QED) is 0.150. The molecule has 9 atom stereocenters. The molecule has 0 saturated carbocycles. The fourth-order valence-corrected chi connectivity index (χ4v) is 8.65. The highest BCUT2D eigenvalue weighted by atomic mass is 16.5. The Bertz CT molecular complexity index is 1420. The van der Waals surface area contributed by atoms with Crippen LogP contribution in [0.3, 0.4) is 0 Å². The number of rotatable bonds is 22. The molecule has 1 saturated heterocycles. The van der Waals surface area contributed by atoms with Gasteiger partial charge < -0.3 is 24.6 Å². The Morgan fingerprint density at radius 3 is 1.98 bits per heavy atom. The van der Waals surface area contributed by atoms with Crippen LogP contribution in [0.15, 0.2) is 30.3 Å². The summed E-state index contributed by atoms with van der Waals surface area (Å²) in [4.78, 5) is 75.1. The highest BCUT2D eigenvalue weighted by Gasteiger charge is 2.44. The normalized spacial score (nSPS) is 19.2. The van der Waals surface area contributed by atoms with Gasteiger partial charge in [0.25, 0.3) is 0 Å². The topological polar surface area (TPSA) is 126 Å². The fourth-order valence-electron chi connectivity index (χ4n) is 8.65. The Labute approximate surface area is 339 Å². The third-order valence-corrected chi connectivity index (χ3v) is 12.0. The Hall–Kier alpha value is -3.15. The molecule has 56 heavy (non-hydrogen) atoms. The minimum atomic E-state index is -0.719. The van der Waals surface area contributed by atoms with E-state index in [4.69, 9.17) is 9.47 Å². The lowest BCUT2D eigenvalue weighted by atomic mass is 9.83. The first-order chi connectivity index (χ1) is 26.1. The zero-order valence-electron chi connectivity index (χ0n) is 37.4. The molecule has 1 N–H and O–H groups in total. The van der Waals surface area contributed by atoms with Crippen LogP contribution in [0.4, 0.5) is 0 Å². The maximum atomic E-state index is 14.3. The molecule has 0 radical (unpaired) electrons. The molecule has 0 bridgehead atoms. The summed E-state index contributed by atoms with van der Waals surface area (Å²) in [5, 5.41) is 3.04. The molecule has 11 nitrogen and oxygen atoms in total. The lowest BCUT2D eigenvalue weighted by Crippen LogP contribution is -2.55. The van der Waals surface area contributed by atoms with Crippen LogP contribution in [-0.2, 0) is 39.9 Å². The van der Waals surface area contributed by atoms with Gasteiger partial charge in [-0.1, -0.05) is 106 Å². The van der Waals surface area contributed by atoms with Gasteiger partial charge in [-0.25, -0.2) is 0 Å². The second kappa shape index (κ2) is 22.1. The number of likely N-dealkylation sites (tertiary alicyclic amines) is 1. The molecular formula is C45H76N4O7. The zero-order chi connectivity index (χ0) is 42.7. The third kappa shape index (κ3) is 12.9. The highest BCUT2D eigenvalue weighted by Crippen LogP contribution is 2.31. The van der Waals surface area contributed by atoms with Crippen LogP contribution in [0.25, 0.3) is 0 Å². The van der Waals surface area contributed by atoms with Crippen molar-refractivity contribution in [3.63, 3.8) is 0 Å². The summed E-state index contributed by atoms with van der Waals surface area (Å²) in [5.41, 5.74) is 0.289. The molecule has 1 fully saturated rings. The van der Waals surface area contributed by atoms with E-state index in [2.05, 4.69) is 19.2 Å². The molecule has 1 aromatic carbocycles. The van der Waals surface area contributed by atoms with E-state index in [9.17, 15) is 24.0 Å². The summed E-state index contributed by atoms with van der Waals surface area (Å²) in [6.07, 6.45) is 1.51. The Morgan fingerprint density at radius 1 is 0.893 bits per heavy atom. The van der Waals surface area contributed by atoms with E-state index in [0.717, 1.165) is 18.4 Å². The van der Waals surface area contributed by atoms with Crippen molar-refractivity contribution in [1.82, 2.24) is 20.0 Å². The molecular weight excluding hydrogens is 709 g/mol. The molecule has 2 rings (SSSR count). The number of benzene rings is 1. The molecule has 1 aliphatic heterocycles. The van der Waals surface area contributed by atoms with Crippen molar-refractivity contribution in [3.05, 3.63) is 35.9 Å². The number of hydrogen-bond acceptors (Lipinski definition) is 8. The largest absolute Gasteiger partial charge is 0.379 e. The SMILES string of the molecule is CC[C@H](C)[C@@H]([C@@H](CC(=O)N1CCC[C@H]1[C@H](OC)[C@@H](C)C(=O)N[C@@H](Cc1ccccc1)C(=O)C(C)(C)C)OC)N(C)C(=O)[C@@H](CC(=O)[C@H](C(C)C)N(C)C)C(C)C. The third-order valence-electron chi connectivity index (χ3n) is 12.0. The first kappa shape index (κ1) is 49.0. The minimum Gasteiger partial charge on any atom is -0.379 e. The number of carbonyl (C=O) groups is 5. The van der Waals surface area contributed by atoms with Gasteiger partial charge in [0.1, 0.15) is 0 Å². The number of ketones is 2. The lowest BCUT2D eigenvalue weighted by Gasteiger charge is -2.41. The highest BCUT2D eigenvalue weighted by molar-refractivity contribution is 5.93. The van der Waals surface area contributed by atoms with Gasteiger partial charge in [0.2, 0.25) is 17.7 Å². The van der Waals surface area contributed by atoms with Crippen molar-refractivity contribution in [2.75, 3.05) is 41.9 Å². The molecule has 0 unspecified atom stereocenters. The maximum Gasteiger partial charge on any atom is 0.226 e. The number of methoxy groups -OCH3 is 2. The summed E-state index contributed by atoms with van der Waals surface area (Å²) in [7, 11) is 8.71. The van der Waals surface area contributed by atoms with Crippen molar-refractivity contribution >= 4 is 29.3 Å². The van der Waals surface area contributed by atoms with Crippen LogP contribution in [-0.4, -0.2) is 122 Å². The summed E-state index contributed by atoms with van der Waals surface area (Å²) >= 11 is 0. The molecule has 0 aliphatic carbocycles. The van der Waals surface area contributed by atoms with Gasteiger partial charge in [-0.3, -0.25) is 28.9 Å². The molecule has 318 valence electrons. The lowest BCUT2D eigenvalue weighted by molar-refractivity contribution is -0.149. The van der Waals surface area contributed by atoms with Crippen molar-refractivity contribution in [2.24, 2.45) is 35.0 Å². The number of amides is 3.